The number of aliphatic hydroxyl groups is 1. The Morgan fingerprint density at radius 3 is 3.18 bits per heavy atom. The topological polar surface area (TPSA) is 78.5 Å². The van der Waals surface area contributed by atoms with Gasteiger partial charge in [-0.2, -0.15) is 0 Å². The van der Waals surface area contributed by atoms with Gasteiger partial charge in [0.15, 0.2) is 0 Å². The fourth-order valence-electron chi connectivity index (χ4n) is 3.58. The van der Waals surface area contributed by atoms with Crippen LogP contribution < -0.4 is 0 Å². The molecule has 0 radical (unpaired) electrons. The maximum Gasteiger partial charge on any atom is 0.254 e. The van der Waals surface area contributed by atoms with Gasteiger partial charge >= 0.3 is 0 Å². The van der Waals surface area contributed by atoms with Gasteiger partial charge in [0.25, 0.3) is 5.91 Å². The maximum atomic E-state index is 12.7. The number of nitrogens with zero attached hydrogens (tertiary/aromatic N) is 2. The quantitative estimate of drug-likeness (QED) is 0.830. The molecule has 2 fully saturated rings. The molecule has 2 aliphatic rings. The molecular weight excluding hydrogens is 282 g/mol. The molecule has 6 heteroatoms. The number of aromatic nitrogens is 2. The Balaban J connectivity index is 1.60. The second-order valence-corrected chi connectivity index (χ2v) is 6.27. The van der Waals surface area contributed by atoms with E-state index in [1.165, 1.54) is 0 Å². The molecule has 116 valence electrons. The van der Waals surface area contributed by atoms with Crippen molar-refractivity contribution < 1.29 is 14.6 Å². The number of hydrogen-bond donors (Lipinski definition) is 2. The van der Waals surface area contributed by atoms with E-state index in [0.717, 1.165) is 29.7 Å². The summed E-state index contributed by atoms with van der Waals surface area (Å²) in [7, 11) is 0. The second kappa shape index (κ2) is 4.79. The van der Waals surface area contributed by atoms with Crippen LogP contribution in [-0.4, -0.2) is 57.3 Å². The number of aliphatic hydroxyl groups excluding tert-OH is 1. The SMILES string of the molecule is Cc1nc2ccc(C(=O)N3C[C@H](O)[C@]4(CCCO4)C3)cc2[nH]1. The van der Waals surface area contributed by atoms with Crippen molar-refractivity contribution in [1.82, 2.24) is 14.9 Å². The Morgan fingerprint density at radius 1 is 1.55 bits per heavy atom. The summed E-state index contributed by atoms with van der Waals surface area (Å²) in [4.78, 5) is 21.9. The third kappa shape index (κ3) is 2.02. The molecule has 2 saturated heterocycles. The van der Waals surface area contributed by atoms with Gasteiger partial charge in [-0.15, -0.1) is 0 Å². The average Bonchev–Trinajstić information content (AvgIpc) is 3.18. The van der Waals surface area contributed by atoms with E-state index in [-0.39, 0.29) is 5.91 Å². The summed E-state index contributed by atoms with van der Waals surface area (Å²) < 4.78 is 5.74. The summed E-state index contributed by atoms with van der Waals surface area (Å²) in [6.45, 7) is 3.35. The normalized spacial score (nSPS) is 28.1. The van der Waals surface area contributed by atoms with Gasteiger partial charge in [0.1, 0.15) is 17.5 Å². The smallest absolute Gasteiger partial charge is 0.254 e. The van der Waals surface area contributed by atoms with E-state index in [4.69, 9.17) is 4.74 Å². The molecule has 22 heavy (non-hydrogen) atoms. The lowest BCUT2D eigenvalue weighted by molar-refractivity contribution is -0.0590. The number of nitrogens with one attached hydrogen (secondary N) is 1. The summed E-state index contributed by atoms with van der Waals surface area (Å²) in [5, 5.41) is 10.3. The third-order valence-corrected chi connectivity index (χ3v) is 4.73. The number of fused-ring (bicyclic) bond motifs is 1. The number of β-amino-alcohol motifs (C(OH)–C–C–N with tert-alkyl or cyclic N) is 1. The highest BCUT2D eigenvalue weighted by molar-refractivity contribution is 5.97. The first kappa shape index (κ1) is 13.7. The Bertz CT molecular complexity index is 733. The maximum absolute atomic E-state index is 12.7. The fourth-order valence-corrected chi connectivity index (χ4v) is 3.58. The molecule has 2 N–H and O–H groups in total. The van der Waals surface area contributed by atoms with Gasteiger partial charge in [-0.25, -0.2) is 4.98 Å². The number of hydrogen-bond acceptors (Lipinski definition) is 4. The molecular formula is C16H19N3O3. The van der Waals surface area contributed by atoms with Crippen LogP contribution in [0.5, 0.6) is 0 Å². The number of aromatic amines is 1. The van der Waals surface area contributed by atoms with Crippen LogP contribution in [-0.2, 0) is 4.74 Å². The van der Waals surface area contributed by atoms with Crippen molar-refractivity contribution in [3.63, 3.8) is 0 Å². The van der Waals surface area contributed by atoms with Gasteiger partial charge in [-0.3, -0.25) is 4.79 Å². The van der Waals surface area contributed by atoms with E-state index in [2.05, 4.69) is 9.97 Å². The van der Waals surface area contributed by atoms with Crippen LogP contribution >= 0.6 is 0 Å². The average molecular weight is 301 g/mol. The van der Waals surface area contributed by atoms with Crippen LogP contribution in [0.2, 0.25) is 0 Å². The van der Waals surface area contributed by atoms with Gasteiger partial charge in [0.05, 0.1) is 17.6 Å². The minimum absolute atomic E-state index is 0.0689. The Morgan fingerprint density at radius 2 is 2.41 bits per heavy atom. The lowest BCUT2D eigenvalue weighted by Gasteiger charge is -2.25. The molecule has 1 aromatic heterocycles. The van der Waals surface area contributed by atoms with E-state index in [1.54, 1.807) is 11.0 Å². The second-order valence-electron chi connectivity index (χ2n) is 6.27. The standard InChI is InChI=1S/C16H19N3O3/c1-10-17-12-4-3-11(7-13(12)18-10)15(21)19-8-14(20)16(9-19)5-2-6-22-16/h3-4,7,14,20H,2,5-6,8-9H2,1H3,(H,17,18)/t14-,16-/m0/s1. The number of likely N-dealkylation sites (tertiary alicyclic amines) is 1. The first-order valence-corrected chi connectivity index (χ1v) is 7.65. The summed E-state index contributed by atoms with van der Waals surface area (Å²) in [5.41, 5.74) is 1.77. The molecule has 2 aliphatic heterocycles. The summed E-state index contributed by atoms with van der Waals surface area (Å²) in [6, 6.07) is 5.46. The first-order chi connectivity index (χ1) is 10.6. The molecule has 4 rings (SSSR count). The van der Waals surface area contributed by atoms with Crippen LogP contribution in [0.25, 0.3) is 11.0 Å². The van der Waals surface area contributed by atoms with Crippen LogP contribution in [0.4, 0.5) is 0 Å². The number of rotatable bonds is 1. The number of H-pyrrole nitrogens is 1. The highest BCUT2D eigenvalue weighted by atomic mass is 16.5. The van der Waals surface area contributed by atoms with Crippen LogP contribution in [0.1, 0.15) is 29.0 Å². The molecule has 0 saturated carbocycles. The first-order valence-electron chi connectivity index (χ1n) is 7.65. The molecule has 2 atom stereocenters. The van der Waals surface area contributed by atoms with Crippen LogP contribution in [0, 0.1) is 6.92 Å². The molecule has 2 aromatic rings. The zero-order valence-electron chi connectivity index (χ0n) is 12.5. The molecule has 0 bridgehead atoms. The largest absolute Gasteiger partial charge is 0.388 e. The Labute approximate surface area is 128 Å². The fraction of sp³-hybridized carbons (Fsp3) is 0.500. The predicted octanol–water partition coefficient (Wildman–Crippen LogP) is 1.24. The van der Waals surface area contributed by atoms with Crippen molar-refractivity contribution in [2.24, 2.45) is 0 Å². The number of benzene rings is 1. The lowest BCUT2D eigenvalue weighted by atomic mass is 9.97. The number of carbonyl (C=O) groups is 1. The van der Waals surface area contributed by atoms with Crippen LogP contribution in [0.15, 0.2) is 18.2 Å². The van der Waals surface area contributed by atoms with Crippen molar-refractivity contribution in [2.45, 2.75) is 31.5 Å². The van der Waals surface area contributed by atoms with E-state index >= 15 is 0 Å². The number of aryl methyl sites for hydroxylation is 1. The van der Waals surface area contributed by atoms with Crippen molar-refractivity contribution >= 4 is 16.9 Å². The number of carbonyl (C=O) groups excluding carboxylic acids is 1. The molecule has 0 aliphatic carbocycles. The van der Waals surface area contributed by atoms with Crippen LogP contribution in [0.3, 0.4) is 0 Å². The van der Waals surface area contributed by atoms with Crippen molar-refractivity contribution in [2.75, 3.05) is 19.7 Å². The molecule has 1 aromatic carbocycles. The van der Waals surface area contributed by atoms with Gasteiger partial charge in [0, 0.05) is 18.7 Å². The monoisotopic (exact) mass is 301 g/mol. The minimum atomic E-state index is -0.600. The van der Waals surface area contributed by atoms with E-state index in [9.17, 15) is 9.90 Å². The number of ether oxygens (including phenoxy) is 1. The van der Waals surface area contributed by atoms with Gasteiger partial charge in [-0.1, -0.05) is 0 Å². The van der Waals surface area contributed by atoms with Crippen molar-refractivity contribution in [3.05, 3.63) is 29.6 Å². The lowest BCUT2D eigenvalue weighted by Crippen LogP contribution is -2.41. The summed E-state index contributed by atoms with van der Waals surface area (Å²) >= 11 is 0. The summed E-state index contributed by atoms with van der Waals surface area (Å²) in [5.74, 6) is 0.759. The molecule has 0 unspecified atom stereocenters. The van der Waals surface area contributed by atoms with E-state index in [0.29, 0.717) is 25.3 Å². The highest BCUT2D eigenvalue weighted by Gasteiger charge is 2.50. The molecule has 6 nitrogen and oxygen atoms in total. The van der Waals surface area contributed by atoms with Crippen molar-refractivity contribution in [3.8, 4) is 0 Å². The number of amides is 1. The highest BCUT2D eigenvalue weighted by Crippen LogP contribution is 2.35. The third-order valence-electron chi connectivity index (χ3n) is 4.73. The Kier molecular flexibility index (Phi) is 2.99. The molecule has 1 amide bonds. The minimum Gasteiger partial charge on any atom is -0.388 e. The van der Waals surface area contributed by atoms with E-state index < -0.39 is 11.7 Å². The molecule has 3 heterocycles. The van der Waals surface area contributed by atoms with E-state index in [1.807, 2.05) is 19.1 Å². The van der Waals surface area contributed by atoms with Gasteiger partial charge < -0.3 is 19.7 Å². The Hall–Kier alpha value is -1.92. The van der Waals surface area contributed by atoms with Gasteiger partial charge in [-0.05, 0) is 38.0 Å². The van der Waals surface area contributed by atoms with Crippen molar-refractivity contribution in [1.29, 1.82) is 0 Å². The zero-order chi connectivity index (χ0) is 15.3. The number of imidazole rings is 1. The predicted molar refractivity (Wildman–Crippen MR) is 80.7 cm³/mol. The molecule has 1 spiro atoms. The summed E-state index contributed by atoms with van der Waals surface area (Å²) in [6.07, 6.45) is 1.16. The zero-order valence-corrected chi connectivity index (χ0v) is 12.5. The van der Waals surface area contributed by atoms with Gasteiger partial charge in [0.2, 0.25) is 0 Å².